The van der Waals surface area contributed by atoms with Gasteiger partial charge in [-0.15, -0.1) is 0 Å². The Hall–Kier alpha value is -2.89. The van der Waals surface area contributed by atoms with Crippen molar-refractivity contribution in [3.05, 3.63) is 59.7 Å². The molecule has 136 valence electrons. The number of carbonyl (C=O) groups is 1. The number of benzene rings is 2. The highest BCUT2D eigenvalue weighted by molar-refractivity contribution is 7.92. The van der Waals surface area contributed by atoms with E-state index in [2.05, 4.69) is 10.0 Å². The third-order valence-electron chi connectivity index (χ3n) is 3.49. The maximum Gasteiger partial charge on any atom is 0.261 e. The van der Waals surface area contributed by atoms with Crippen LogP contribution in [-0.2, 0) is 10.0 Å². The predicted octanol–water partition coefficient (Wildman–Crippen LogP) is 1.65. The Bertz CT molecular complexity index is 933. The van der Waals surface area contributed by atoms with Crippen molar-refractivity contribution >= 4 is 21.6 Å². The fraction of sp³-hybridized carbons (Fsp3) is 0.222. The van der Waals surface area contributed by atoms with Crippen LogP contribution in [0.3, 0.4) is 0 Å². The standard InChI is InChI=1S/C18H20N4O3S/c1-22(2)10-9-20-18(23)15-6-4-8-17(12-15)26(24,25)21-16-7-3-5-14(11-16)13-19/h3-8,11-12,21H,9-10H2,1-2H3,(H,20,23). The van der Waals surface area contributed by atoms with E-state index in [-0.39, 0.29) is 22.1 Å². The van der Waals surface area contributed by atoms with E-state index in [0.29, 0.717) is 18.7 Å². The van der Waals surface area contributed by atoms with Crippen molar-refractivity contribution in [1.82, 2.24) is 10.2 Å². The maximum absolute atomic E-state index is 12.5. The Balaban J connectivity index is 2.17. The molecule has 0 fully saturated rings. The second kappa shape index (κ2) is 8.47. The fourth-order valence-corrected chi connectivity index (χ4v) is 3.26. The summed E-state index contributed by atoms with van der Waals surface area (Å²) in [6, 6.07) is 13.9. The van der Waals surface area contributed by atoms with E-state index < -0.39 is 10.0 Å². The second-order valence-electron chi connectivity index (χ2n) is 5.89. The van der Waals surface area contributed by atoms with E-state index in [1.807, 2.05) is 25.1 Å². The Kier molecular flexibility index (Phi) is 6.33. The zero-order valence-electron chi connectivity index (χ0n) is 14.6. The molecule has 0 bridgehead atoms. The van der Waals surface area contributed by atoms with Crippen molar-refractivity contribution in [2.45, 2.75) is 4.90 Å². The minimum absolute atomic E-state index is 0.0277. The van der Waals surface area contributed by atoms with Crippen LogP contribution < -0.4 is 10.0 Å². The highest BCUT2D eigenvalue weighted by atomic mass is 32.2. The number of rotatable bonds is 7. The average Bonchev–Trinajstić information content (AvgIpc) is 2.61. The summed E-state index contributed by atoms with van der Waals surface area (Å²) >= 11 is 0. The van der Waals surface area contributed by atoms with Crippen LogP contribution in [-0.4, -0.2) is 46.4 Å². The van der Waals surface area contributed by atoms with Crippen LogP contribution in [0.4, 0.5) is 5.69 Å². The molecule has 1 amide bonds. The van der Waals surface area contributed by atoms with E-state index in [9.17, 15) is 13.2 Å². The van der Waals surface area contributed by atoms with Gasteiger partial charge in [0, 0.05) is 18.7 Å². The van der Waals surface area contributed by atoms with Gasteiger partial charge in [-0.2, -0.15) is 5.26 Å². The largest absolute Gasteiger partial charge is 0.351 e. The number of sulfonamides is 1. The van der Waals surface area contributed by atoms with Crippen molar-refractivity contribution in [2.75, 3.05) is 31.9 Å². The van der Waals surface area contributed by atoms with Gasteiger partial charge in [-0.1, -0.05) is 12.1 Å². The smallest absolute Gasteiger partial charge is 0.261 e. The first-order chi connectivity index (χ1) is 12.3. The molecular weight excluding hydrogens is 352 g/mol. The highest BCUT2D eigenvalue weighted by Crippen LogP contribution is 2.18. The van der Waals surface area contributed by atoms with E-state index in [0.717, 1.165) is 0 Å². The van der Waals surface area contributed by atoms with Gasteiger partial charge in [0.05, 0.1) is 22.2 Å². The number of hydrogen-bond donors (Lipinski definition) is 2. The van der Waals surface area contributed by atoms with Gasteiger partial charge in [0.1, 0.15) is 0 Å². The molecule has 2 aromatic rings. The predicted molar refractivity (Wildman–Crippen MR) is 99.3 cm³/mol. The number of nitrogens with one attached hydrogen (secondary N) is 2. The number of likely N-dealkylation sites (N-methyl/N-ethyl adjacent to an activating group) is 1. The molecule has 0 aromatic heterocycles. The maximum atomic E-state index is 12.5. The molecule has 0 saturated carbocycles. The zero-order chi connectivity index (χ0) is 19.2. The first kappa shape index (κ1) is 19.4. The zero-order valence-corrected chi connectivity index (χ0v) is 15.4. The third-order valence-corrected chi connectivity index (χ3v) is 4.87. The number of nitrogens with zero attached hydrogens (tertiary/aromatic N) is 2. The molecule has 0 spiro atoms. The lowest BCUT2D eigenvalue weighted by Crippen LogP contribution is -2.31. The molecule has 2 aromatic carbocycles. The van der Waals surface area contributed by atoms with Crippen molar-refractivity contribution in [2.24, 2.45) is 0 Å². The molecule has 7 nitrogen and oxygen atoms in total. The lowest BCUT2D eigenvalue weighted by Gasteiger charge is -2.12. The lowest BCUT2D eigenvalue weighted by atomic mass is 10.2. The molecule has 2 rings (SSSR count). The number of anilines is 1. The van der Waals surface area contributed by atoms with E-state index >= 15 is 0 Å². The van der Waals surface area contributed by atoms with Crippen molar-refractivity contribution in [3.63, 3.8) is 0 Å². The third kappa shape index (κ3) is 5.31. The molecule has 0 atom stereocenters. The van der Waals surface area contributed by atoms with Crippen LogP contribution in [0, 0.1) is 11.3 Å². The molecule has 0 unspecified atom stereocenters. The van der Waals surface area contributed by atoms with E-state index in [1.165, 1.54) is 24.3 Å². The second-order valence-corrected chi connectivity index (χ2v) is 7.57. The van der Waals surface area contributed by atoms with Crippen LogP contribution in [0.15, 0.2) is 53.4 Å². The minimum atomic E-state index is -3.88. The summed E-state index contributed by atoms with van der Waals surface area (Å²) in [5, 5.41) is 11.6. The topological polar surface area (TPSA) is 102 Å². The summed E-state index contributed by atoms with van der Waals surface area (Å²) < 4.78 is 27.5. The summed E-state index contributed by atoms with van der Waals surface area (Å²) in [6.45, 7) is 1.14. The SMILES string of the molecule is CN(C)CCNC(=O)c1cccc(S(=O)(=O)Nc2cccc(C#N)c2)c1. The van der Waals surface area contributed by atoms with Gasteiger partial charge in [0.25, 0.3) is 15.9 Å². The summed E-state index contributed by atoms with van der Waals surface area (Å²) in [7, 11) is -0.0856. The van der Waals surface area contributed by atoms with Crippen LogP contribution in [0.25, 0.3) is 0 Å². The normalized spacial score (nSPS) is 11.0. The van der Waals surface area contributed by atoms with Crippen molar-refractivity contribution in [3.8, 4) is 6.07 Å². The van der Waals surface area contributed by atoms with E-state index in [4.69, 9.17) is 5.26 Å². The Morgan fingerprint density at radius 1 is 1.15 bits per heavy atom. The van der Waals surface area contributed by atoms with Gasteiger partial charge in [0.2, 0.25) is 0 Å². The molecule has 8 heteroatoms. The van der Waals surface area contributed by atoms with E-state index in [1.54, 1.807) is 24.3 Å². The Morgan fingerprint density at radius 3 is 2.58 bits per heavy atom. The van der Waals surface area contributed by atoms with Gasteiger partial charge in [-0.25, -0.2) is 8.42 Å². The Labute approximate surface area is 153 Å². The number of nitriles is 1. The van der Waals surface area contributed by atoms with Crippen molar-refractivity contribution < 1.29 is 13.2 Å². The monoisotopic (exact) mass is 372 g/mol. The first-order valence-electron chi connectivity index (χ1n) is 7.88. The molecule has 0 saturated heterocycles. The van der Waals surface area contributed by atoms with Crippen LogP contribution >= 0.6 is 0 Å². The molecule has 0 aliphatic carbocycles. The molecule has 0 aliphatic rings. The van der Waals surface area contributed by atoms with Gasteiger partial charge < -0.3 is 10.2 Å². The average molecular weight is 372 g/mol. The Morgan fingerprint density at radius 2 is 1.88 bits per heavy atom. The molecule has 2 N–H and O–H groups in total. The summed E-state index contributed by atoms with van der Waals surface area (Å²) in [4.78, 5) is 14.1. The number of amides is 1. The van der Waals surface area contributed by atoms with Gasteiger partial charge in [-0.05, 0) is 50.5 Å². The molecule has 26 heavy (non-hydrogen) atoms. The van der Waals surface area contributed by atoms with Crippen molar-refractivity contribution in [1.29, 1.82) is 5.26 Å². The highest BCUT2D eigenvalue weighted by Gasteiger charge is 2.16. The summed E-state index contributed by atoms with van der Waals surface area (Å²) in [6.07, 6.45) is 0. The first-order valence-corrected chi connectivity index (χ1v) is 9.36. The number of carbonyl (C=O) groups excluding carboxylic acids is 1. The van der Waals surface area contributed by atoms with Gasteiger partial charge in [0.15, 0.2) is 0 Å². The van der Waals surface area contributed by atoms with Gasteiger partial charge in [-0.3, -0.25) is 9.52 Å². The molecule has 0 aliphatic heterocycles. The fourth-order valence-electron chi connectivity index (χ4n) is 2.17. The molecule has 0 radical (unpaired) electrons. The quantitative estimate of drug-likeness (QED) is 0.769. The van der Waals surface area contributed by atoms with Gasteiger partial charge >= 0.3 is 0 Å². The summed E-state index contributed by atoms with van der Waals surface area (Å²) in [5.74, 6) is -0.338. The van der Waals surface area contributed by atoms with Crippen LogP contribution in [0.2, 0.25) is 0 Å². The van der Waals surface area contributed by atoms with Crippen LogP contribution in [0.5, 0.6) is 0 Å². The lowest BCUT2D eigenvalue weighted by molar-refractivity contribution is 0.0951. The molecule has 0 heterocycles. The minimum Gasteiger partial charge on any atom is -0.351 e. The number of hydrogen-bond acceptors (Lipinski definition) is 5. The summed E-state index contributed by atoms with van der Waals surface area (Å²) in [5.41, 5.74) is 0.890. The molecular formula is C18H20N4O3S. The van der Waals surface area contributed by atoms with Crippen LogP contribution in [0.1, 0.15) is 15.9 Å².